The average molecular weight is 383 g/mol. The van der Waals surface area contributed by atoms with Crippen molar-refractivity contribution in [3.63, 3.8) is 0 Å². The fourth-order valence-electron chi connectivity index (χ4n) is 2.98. The highest BCUT2D eigenvalue weighted by molar-refractivity contribution is 7.14. The maximum absolute atomic E-state index is 12.3. The summed E-state index contributed by atoms with van der Waals surface area (Å²) in [7, 11) is 0. The van der Waals surface area contributed by atoms with Crippen molar-refractivity contribution in [3.8, 4) is 5.69 Å². The lowest BCUT2D eigenvalue weighted by Crippen LogP contribution is -2.23. The van der Waals surface area contributed by atoms with E-state index in [1.807, 2.05) is 24.4 Å². The molecule has 27 heavy (non-hydrogen) atoms. The highest BCUT2D eigenvalue weighted by Crippen LogP contribution is 2.25. The molecule has 4 rings (SSSR count). The van der Waals surface area contributed by atoms with Crippen molar-refractivity contribution in [2.45, 2.75) is 26.2 Å². The molecule has 0 spiro atoms. The third-order valence-electron chi connectivity index (χ3n) is 4.26. The fraction of sp³-hybridized carbons (Fsp3) is 0.294. The lowest BCUT2D eigenvalue weighted by molar-refractivity contribution is -0.117. The average Bonchev–Trinajstić information content (AvgIpc) is 3.36. The van der Waals surface area contributed by atoms with Gasteiger partial charge in [-0.15, -0.1) is 16.4 Å². The molecule has 1 fully saturated rings. The van der Waals surface area contributed by atoms with Gasteiger partial charge in [0, 0.05) is 24.0 Å². The molecule has 0 atom stereocenters. The lowest BCUT2D eigenvalue weighted by atomic mass is 10.1. The van der Waals surface area contributed by atoms with Crippen LogP contribution >= 0.6 is 11.3 Å². The number of nitrogens with one attached hydrogen (secondary N) is 1. The van der Waals surface area contributed by atoms with E-state index < -0.39 is 0 Å². The molecular weight excluding hydrogens is 366 g/mol. The molecule has 1 aromatic carbocycles. The van der Waals surface area contributed by atoms with Crippen LogP contribution in [0.25, 0.3) is 5.69 Å². The van der Waals surface area contributed by atoms with Crippen LogP contribution in [0.15, 0.2) is 29.9 Å². The van der Waals surface area contributed by atoms with Gasteiger partial charge in [0.2, 0.25) is 11.8 Å². The highest BCUT2D eigenvalue weighted by Gasteiger charge is 2.24. The van der Waals surface area contributed by atoms with Gasteiger partial charge in [-0.3, -0.25) is 14.5 Å². The summed E-state index contributed by atoms with van der Waals surface area (Å²) in [6, 6.07) is 5.52. The number of rotatable bonds is 5. The summed E-state index contributed by atoms with van der Waals surface area (Å²) < 4.78 is 1.57. The summed E-state index contributed by atoms with van der Waals surface area (Å²) in [6.07, 6.45) is 3.10. The van der Waals surface area contributed by atoms with Crippen LogP contribution in [0.1, 0.15) is 24.1 Å². The van der Waals surface area contributed by atoms with Crippen LogP contribution in [0.5, 0.6) is 0 Å². The zero-order valence-electron chi connectivity index (χ0n) is 14.6. The minimum Gasteiger partial charge on any atom is -0.326 e. The SMILES string of the molecule is Cc1cc(NC(=O)Cc2csc(N3CCCC3=O)n2)ccc1-n1cnnn1. The van der Waals surface area contributed by atoms with E-state index >= 15 is 0 Å². The minimum atomic E-state index is -0.158. The minimum absolute atomic E-state index is 0.0958. The number of benzene rings is 1. The molecule has 0 saturated carbocycles. The monoisotopic (exact) mass is 383 g/mol. The molecule has 0 radical (unpaired) electrons. The van der Waals surface area contributed by atoms with Crippen LogP contribution in [-0.4, -0.2) is 43.6 Å². The number of aryl methyl sites for hydroxylation is 1. The van der Waals surface area contributed by atoms with Crippen molar-refractivity contribution in [1.29, 1.82) is 0 Å². The quantitative estimate of drug-likeness (QED) is 0.719. The van der Waals surface area contributed by atoms with E-state index in [4.69, 9.17) is 0 Å². The van der Waals surface area contributed by atoms with Crippen molar-refractivity contribution in [2.24, 2.45) is 0 Å². The van der Waals surface area contributed by atoms with Crippen LogP contribution in [0.4, 0.5) is 10.8 Å². The van der Waals surface area contributed by atoms with E-state index in [9.17, 15) is 9.59 Å². The van der Waals surface area contributed by atoms with Gasteiger partial charge in [0.05, 0.1) is 17.8 Å². The summed E-state index contributed by atoms with van der Waals surface area (Å²) in [5.74, 6) is -0.0623. The van der Waals surface area contributed by atoms with Gasteiger partial charge in [-0.2, -0.15) is 0 Å². The molecule has 0 bridgehead atoms. The fourth-order valence-corrected chi connectivity index (χ4v) is 3.85. The van der Waals surface area contributed by atoms with Gasteiger partial charge in [-0.25, -0.2) is 9.67 Å². The number of hydrogen-bond donors (Lipinski definition) is 1. The number of nitrogens with zero attached hydrogens (tertiary/aromatic N) is 6. The van der Waals surface area contributed by atoms with E-state index in [-0.39, 0.29) is 18.2 Å². The van der Waals surface area contributed by atoms with Crippen molar-refractivity contribution in [2.75, 3.05) is 16.8 Å². The third kappa shape index (κ3) is 3.70. The number of amides is 2. The van der Waals surface area contributed by atoms with Crippen molar-refractivity contribution < 1.29 is 9.59 Å². The molecule has 1 saturated heterocycles. The summed E-state index contributed by atoms with van der Waals surface area (Å²) in [4.78, 5) is 30.2. The number of thiazole rings is 1. The van der Waals surface area contributed by atoms with E-state index in [0.29, 0.717) is 29.5 Å². The number of hydrogen-bond acceptors (Lipinski definition) is 7. The Balaban J connectivity index is 1.40. The zero-order valence-corrected chi connectivity index (χ0v) is 15.4. The first-order valence-corrected chi connectivity index (χ1v) is 9.37. The second-order valence-electron chi connectivity index (χ2n) is 6.25. The maximum Gasteiger partial charge on any atom is 0.230 e. The molecule has 0 unspecified atom stereocenters. The van der Waals surface area contributed by atoms with Gasteiger partial charge in [0.25, 0.3) is 0 Å². The molecule has 2 amide bonds. The van der Waals surface area contributed by atoms with Crippen molar-refractivity contribution >= 4 is 34.0 Å². The maximum atomic E-state index is 12.3. The number of carbonyl (C=O) groups is 2. The Labute approximate surface area is 159 Å². The molecule has 3 aromatic rings. The van der Waals surface area contributed by atoms with Gasteiger partial charge in [-0.05, 0) is 47.5 Å². The summed E-state index contributed by atoms with van der Waals surface area (Å²) in [5, 5.41) is 16.5. The Morgan fingerprint density at radius 3 is 2.96 bits per heavy atom. The van der Waals surface area contributed by atoms with Crippen LogP contribution in [-0.2, 0) is 16.0 Å². The van der Waals surface area contributed by atoms with E-state index in [0.717, 1.165) is 17.7 Å². The van der Waals surface area contributed by atoms with Crippen molar-refractivity contribution in [3.05, 3.63) is 41.2 Å². The van der Waals surface area contributed by atoms with E-state index in [2.05, 4.69) is 25.8 Å². The summed E-state index contributed by atoms with van der Waals surface area (Å²) >= 11 is 1.39. The topological polar surface area (TPSA) is 106 Å². The zero-order chi connectivity index (χ0) is 18.8. The first-order chi connectivity index (χ1) is 13.1. The number of tetrazole rings is 1. The van der Waals surface area contributed by atoms with Gasteiger partial charge < -0.3 is 5.32 Å². The lowest BCUT2D eigenvalue weighted by Gasteiger charge is -2.10. The van der Waals surface area contributed by atoms with Gasteiger partial charge in [0.15, 0.2) is 5.13 Å². The summed E-state index contributed by atoms with van der Waals surface area (Å²) in [6.45, 7) is 2.62. The predicted molar refractivity (Wildman–Crippen MR) is 99.9 cm³/mol. The standard InChI is InChI=1S/C17H17N7O2S/c1-11-7-12(4-5-14(11)24-10-18-21-22-24)19-15(25)8-13-9-27-17(20-13)23-6-2-3-16(23)26/h4-5,7,9-10H,2-3,6,8H2,1H3,(H,19,25). The molecule has 1 aliphatic heterocycles. The largest absolute Gasteiger partial charge is 0.326 e. The van der Waals surface area contributed by atoms with Crippen LogP contribution in [0, 0.1) is 6.92 Å². The summed E-state index contributed by atoms with van der Waals surface area (Å²) in [5.41, 5.74) is 3.13. The normalized spacial score (nSPS) is 14.0. The van der Waals surface area contributed by atoms with Crippen LogP contribution in [0.2, 0.25) is 0 Å². The van der Waals surface area contributed by atoms with Gasteiger partial charge in [-0.1, -0.05) is 0 Å². The number of carbonyl (C=O) groups excluding carboxylic acids is 2. The van der Waals surface area contributed by atoms with Crippen LogP contribution in [0.3, 0.4) is 0 Å². The number of anilines is 2. The smallest absolute Gasteiger partial charge is 0.230 e. The molecule has 3 heterocycles. The van der Waals surface area contributed by atoms with Gasteiger partial charge in [0.1, 0.15) is 6.33 Å². The first-order valence-electron chi connectivity index (χ1n) is 8.49. The third-order valence-corrected chi connectivity index (χ3v) is 5.17. The second kappa shape index (κ2) is 7.23. The Morgan fingerprint density at radius 1 is 1.37 bits per heavy atom. The molecule has 1 aliphatic rings. The molecule has 1 N–H and O–H groups in total. The van der Waals surface area contributed by atoms with Crippen LogP contribution < -0.4 is 10.2 Å². The molecule has 9 nitrogen and oxygen atoms in total. The second-order valence-corrected chi connectivity index (χ2v) is 7.09. The Bertz CT molecular complexity index is 983. The first kappa shape index (κ1) is 17.3. The predicted octanol–water partition coefficient (Wildman–Crippen LogP) is 1.74. The van der Waals surface area contributed by atoms with Gasteiger partial charge >= 0.3 is 0 Å². The van der Waals surface area contributed by atoms with E-state index in [1.54, 1.807) is 15.6 Å². The molecule has 0 aliphatic carbocycles. The van der Waals surface area contributed by atoms with Crippen molar-refractivity contribution in [1.82, 2.24) is 25.2 Å². The van der Waals surface area contributed by atoms with E-state index in [1.165, 1.54) is 17.7 Å². The number of aromatic nitrogens is 5. The Hall–Kier alpha value is -3.14. The highest BCUT2D eigenvalue weighted by atomic mass is 32.1. The molecule has 138 valence electrons. The molecule has 10 heteroatoms. The molecule has 2 aromatic heterocycles. The molecular formula is C17H17N7O2S. The Morgan fingerprint density at radius 2 is 2.26 bits per heavy atom. The Kier molecular flexibility index (Phi) is 4.63.